The van der Waals surface area contributed by atoms with Crippen molar-refractivity contribution in [1.82, 2.24) is 5.48 Å². The summed E-state index contributed by atoms with van der Waals surface area (Å²) in [4.78, 5) is 10.9. The third-order valence-electron chi connectivity index (χ3n) is 1.82. The van der Waals surface area contributed by atoms with E-state index in [9.17, 15) is 4.79 Å². The van der Waals surface area contributed by atoms with Crippen LogP contribution >= 0.6 is 22.6 Å². The van der Waals surface area contributed by atoms with Gasteiger partial charge in [-0.05, 0) is 46.7 Å². The van der Waals surface area contributed by atoms with Crippen LogP contribution in [0.3, 0.4) is 0 Å². The quantitative estimate of drug-likeness (QED) is 0.436. The Balaban J connectivity index is 2.60. The van der Waals surface area contributed by atoms with Crippen molar-refractivity contribution < 1.29 is 10.0 Å². The maximum atomic E-state index is 10.9. The lowest BCUT2D eigenvalue weighted by Gasteiger charge is -2.08. The topological polar surface area (TPSA) is 75.4 Å². The van der Waals surface area contributed by atoms with Gasteiger partial charge >= 0.3 is 0 Å². The van der Waals surface area contributed by atoms with Crippen LogP contribution in [0.4, 0.5) is 0 Å². The summed E-state index contributed by atoms with van der Waals surface area (Å²) >= 11 is 2.20. The summed E-state index contributed by atoms with van der Waals surface area (Å²) in [5.74, 6) is -0.566. The number of nitrogens with one attached hydrogen (secondary N) is 1. The molecule has 1 aromatic rings. The molecule has 0 aliphatic carbocycles. The van der Waals surface area contributed by atoms with E-state index in [0.29, 0.717) is 6.42 Å². The van der Waals surface area contributed by atoms with Crippen LogP contribution in [0.25, 0.3) is 0 Å². The second-order valence-corrected chi connectivity index (χ2v) is 4.16. The Morgan fingerprint density at radius 2 is 2.07 bits per heavy atom. The van der Waals surface area contributed by atoms with Crippen molar-refractivity contribution in [2.75, 3.05) is 0 Å². The number of amides is 1. The van der Waals surface area contributed by atoms with Gasteiger partial charge in [0, 0.05) is 3.57 Å². The van der Waals surface area contributed by atoms with E-state index < -0.39 is 11.9 Å². The lowest BCUT2D eigenvalue weighted by molar-refractivity contribution is -0.130. The van der Waals surface area contributed by atoms with E-state index in [1.54, 1.807) is 0 Å². The maximum absolute atomic E-state index is 10.9. The first kappa shape index (κ1) is 11.4. The number of hydroxylamine groups is 1. The summed E-state index contributed by atoms with van der Waals surface area (Å²) in [6, 6.07) is 7.00. The van der Waals surface area contributed by atoms with Crippen LogP contribution < -0.4 is 11.2 Å². The number of benzene rings is 1. The Morgan fingerprint density at radius 3 is 2.57 bits per heavy atom. The average molecular weight is 306 g/mol. The van der Waals surface area contributed by atoms with Gasteiger partial charge in [-0.25, -0.2) is 5.48 Å². The number of hydrogen-bond donors (Lipinski definition) is 3. The van der Waals surface area contributed by atoms with Gasteiger partial charge in [0.15, 0.2) is 0 Å². The highest BCUT2D eigenvalue weighted by molar-refractivity contribution is 14.1. The fraction of sp³-hybridized carbons (Fsp3) is 0.222. The zero-order valence-electron chi connectivity index (χ0n) is 7.40. The summed E-state index contributed by atoms with van der Waals surface area (Å²) in [6.07, 6.45) is 0.420. The Hall–Kier alpha value is -0.660. The summed E-state index contributed by atoms with van der Waals surface area (Å²) in [7, 11) is 0. The molecule has 4 N–H and O–H groups in total. The first-order valence-electron chi connectivity index (χ1n) is 4.07. The van der Waals surface area contributed by atoms with Crippen LogP contribution in [0.2, 0.25) is 0 Å². The molecule has 0 heterocycles. The molecule has 76 valence electrons. The van der Waals surface area contributed by atoms with Gasteiger partial charge in [-0.3, -0.25) is 10.0 Å². The van der Waals surface area contributed by atoms with Gasteiger partial charge in [0.05, 0.1) is 6.04 Å². The average Bonchev–Trinajstić information content (AvgIpc) is 2.20. The molecule has 1 amide bonds. The Morgan fingerprint density at radius 1 is 1.50 bits per heavy atom. The van der Waals surface area contributed by atoms with Crippen molar-refractivity contribution in [3.63, 3.8) is 0 Å². The van der Waals surface area contributed by atoms with E-state index in [1.807, 2.05) is 24.3 Å². The van der Waals surface area contributed by atoms with Gasteiger partial charge in [-0.2, -0.15) is 0 Å². The fourth-order valence-corrected chi connectivity index (χ4v) is 1.41. The smallest absolute Gasteiger partial charge is 0.260 e. The molecule has 14 heavy (non-hydrogen) atoms. The lowest BCUT2D eigenvalue weighted by Crippen LogP contribution is -2.40. The first-order valence-corrected chi connectivity index (χ1v) is 5.15. The van der Waals surface area contributed by atoms with Crippen molar-refractivity contribution >= 4 is 28.5 Å². The van der Waals surface area contributed by atoms with Gasteiger partial charge in [-0.1, -0.05) is 12.1 Å². The molecule has 0 spiro atoms. The minimum absolute atomic E-state index is 0.420. The molecule has 0 aromatic heterocycles. The van der Waals surface area contributed by atoms with Gasteiger partial charge < -0.3 is 5.73 Å². The van der Waals surface area contributed by atoms with Crippen LogP contribution in [-0.2, 0) is 11.2 Å². The van der Waals surface area contributed by atoms with Crippen molar-refractivity contribution in [3.05, 3.63) is 33.4 Å². The number of carbonyl (C=O) groups excluding carboxylic acids is 1. The standard InChI is InChI=1S/C9H11IN2O2/c10-7-3-1-6(2-4-7)5-8(11)9(13)12-14/h1-4,8,14H,5,11H2,(H,12,13)/t8-/m1/s1. The van der Waals surface area contributed by atoms with E-state index in [0.717, 1.165) is 9.13 Å². The van der Waals surface area contributed by atoms with E-state index in [-0.39, 0.29) is 0 Å². The third kappa shape index (κ3) is 3.24. The number of carbonyl (C=O) groups is 1. The van der Waals surface area contributed by atoms with Crippen molar-refractivity contribution in [3.8, 4) is 0 Å². The molecule has 1 atom stereocenters. The summed E-state index contributed by atoms with van der Waals surface area (Å²) < 4.78 is 1.13. The first-order chi connectivity index (χ1) is 6.63. The number of rotatable bonds is 3. The van der Waals surface area contributed by atoms with E-state index in [1.165, 1.54) is 5.48 Å². The Labute approximate surface area is 95.6 Å². The molecule has 0 unspecified atom stereocenters. The van der Waals surface area contributed by atoms with E-state index in [2.05, 4.69) is 22.6 Å². The summed E-state index contributed by atoms with van der Waals surface area (Å²) in [5, 5.41) is 8.35. The van der Waals surface area contributed by atoms with Crippen LogP contribution in [-0.4, -0.2) is 17.2 Å². The molecule has 0 fully saturated rings. The van der Waals surface area contributed by atoms with Crippen LogP contribution in [0, 0.1) is 3.57 Å². The molecular weight excluding hydrogens is 295 g/mol. The zero-order valence-corrected chi connectivity index (χ0v) is 9.56. The van der Waals surface area contributed by atoms with E-state index >= 15 is 0 Å². The molecule has 0 aliphatic heterocycles. The predicted molar refractivity (Wildman–Crippen MR) is 60.8 cm³/mol. The van der Waals surface area contributed by atoms with Crippen LogP contribution in [0.1, 0.15) is 5.56 Å². The lowest BCUT2D eigenvalue weighted by atomic mass is 10.1. The number of hydrogen-bond acceptors (Lipinski definition) is 3. The van der Waals surface area contributed by atoms with Gasteiger partial charge in [-0.15, -0.1) is 0 Å². The van der Waals surface area contributed by atoms with Crippen molar-refractivity contribution in [1.29, 1.82) is 0 Å². The van der Waals surface area contributed by atoms with E-state index in [4.69, 9.17) is 10.9 Å². The SMILES string of the molecule is N[C@H](Cc1ccc(I)cc1)C(=O)NO. The fourth-order valence-electron chi connectivity index (χ4n) is 1.05. The highest BCUT2D eigenvalue weighted by atomic mass is 127. The molecule has 0 saturated heterocycles. The molecule has 4 nitrogen and oxygen atoms in total. The third-order valence-corrected chi connectivity index (χ3v) is 2.54. The molecule has 1 aromatic carbocycles. The highest BCUT2D eigenvalue weighted by Gasteiger charge is 2.12. The Kier molecular flexibility index (Phi) is 4.30. The number of nitrogens with two attached hydrogens (primary N) is 1. The minimum atomic E-state index is -0.708. The maximum Gasteiger partial charge on any atom is 0.260 e. The summed E-state index contributed by atoms with van der Waals surface area (Å²) in [6.45, 7) is 0. The van der Waals surface area contributed by atoms with Crippen LogP contribution in [0.15, 0.2) is 24.3 Å². The Bertz CT molecular complexity index is 313. The van der Waals surface area contributed by atoms with Crippen molar-refractivity contribution in [2.24, 2.45) is 5.73 Å². The molecule has 0 aliphatic rings. The molecule has 0 saturated carbocycles. The van der Waals surface area contributed by atoms with Gasteiger partial charge in [0.25, 0.3) is 5.91 Å². The predicted octanol–water partition coefficient (Wildman–Crippen LogP) is 0.666. The van der Waals surface area contributed by atoms with Crippen molar-refractivity contribution in [2.45, 2.75) is 12.5 Å². The largest absolute Gasteiger partial charge is 0.320 e. The van der Waals surface area contributed by atoms with Crippen LogP contribution in [0.5, 0.6) is 0 Å². The normalized spacial score (nSPS) is 12.2. The van der Waals surface area contributed by atoms with Gasteiger partial charge in [0.1, 0.15) is 0 Å². The second-order valence-electron chi connectivity index (χ2n) is 2.91. The minimum Gasteiger partial charge on any atom is -0.320 e. The molecule has 5 heteroatoms. The second kappa shape index (κ2) is 5.28. The monoisotopic (exact) mass is 306 g/mol. The molecule has 0 bridgehead atoms. The zero-order chi connectivity index (χ0) is 10.6. The number of halogens is 1. The molecule has 1 rings (SSSR count). The molecular formula is C9H11IN2O2. The molecule has 0 radical (unpaired) electrons. The highest BCUT2D eigenvalue weighted by Crippen LogP contribution is 2.08. The summed E-state index contributed by atoms with van der Waals surface area (Å²) in [5.41, 5.74) is 8.03. The van der Waals surface area contributed by atoms with Gasteiger partial charge in [0.2, 0.25) is 0 Å².